The summed E-state index contributed by atoms with van der Waals surface area (Å²) >= 11 is 0. The van der Waals surface area contributed by atoms with Crippen LogP contribution in [0.4, 0.5) is 14.6 Å². The normalized spacial score (nSPS) is 13.5. The molecule has 1 aliphatic rings. The zero-order valence-corrected chi connectivity index (χ0v) is 19.1. The van der Waals surface area contributed by atoms with Crippen molar-refractivity contribution in [1.29, 1.82) is 0 Å². The second kappa shape index (κ2) is 9.61. The first-order valence-electron chi connectivity index (χ1n) is 11.3. The van der Waals surface area contributed by atoms with E-state index < -0.39 is 11.6 Å². The molecule has 0 atom stereocenters. The second-order valence-electron chi connectivity index (χ2n) is 8.25. The quantitative estimate of drug-likeness (QED) is 0.418. The Kier molecular flexibility index (Phi) is 6.22. The monoisotopic (exact) mass is 475 g/mol. The fourth-order valence-electron chi connectivity index (χ4n) is 4.22. The van der Waals surface area contributed by atoms with E-state index >= 15 is 0 Å². The summed E-state index contributed by atoms with van der Waals surface area (Å²) in [7, 11) is 1.74. The summed E-state index contributed by atoms with van der Waals surface area (Å²) in [5.41, 5.74) is 2.19. The van der Waals surface area contributed by atoms with Crippen molar-refractivity contribution in [3.63, 3.8) is 0 Å². The standard InChI is InChI=1S/C26H23F2N5O2/c1-29-26-21-12-18(17-10-19(27)14-20(28)11-17)13-22(35-9-8-33-7-3-5-23(33)34)24(21)31-25(32-26)16-4-2-6-30-15-16/h2,4,6,10-15H,3,5,7-9H2,1H3,(H,29,31,32). The lowest BCUT2D eigenvalue weighted by atomic mass is 10.0. The molecule has 3 heterocycles. The molecule has 0 aliphatic carbocycles. The van der Waals surface area contributed by atoms with E-state index in [9.17, 15) is 13.6 Å². The van der Waals surface area contributed by atoms with Gasteiger partial charge in [-0.3, -0.25) is 9.78 Å². The highest BCUT2D eigenvalue weighted by molar-refractivity contribution is 5.97. The van der Waals surface area contributed by atoms with E-state index in [1.54, 1.807) is 42.5 Å². The molecule has 4 aromatic rings. The summed E-state index contributed by atoms with van der Waals surface area (Å²) in [5, 5.41) is 3.72. The van der Waals surface area contributed by atoms with Crippen molar-refractivity contribution in [2.45, 2.75) is 12.8 Å². The molecule has 1 aliphatic heterocycles. The number of nitrogens with zero attached hydrogens (tertiary/aromatic N) is 4. The number of halogens is 2. The third-order valence-corrected chi connectivity index (χ3v) is 5.91. The first-order chi connectivity index (χ1) is 17.0. The third kappa shape index (κ3) is 4.75. The minimum absolute atomic E-state index is 0.112. The maximum Gasteiger partial charge on any atom is 0.222 e. The van der Waals surface area contributed by atoms with Crippen LogP contribution in [0.5, 0.6) is 5.75 Å². The molecule has 1 N–H and O–H groups in total. The highest BCUT2D eigenvalue weighted by Crippen LogP contribution is 2.36. The number of carbonyl (C=O) groups is 1. The molecule has 0 radical (unpaired) electrons. The number of aromatic nitrogens is 3. The molecule has 9 heteroatoms. The summed E-state index contributed by atoms with van der Waals surface area (Å²) < 4.78 is 34.1. The van der Waals surface area contributed by atoms with Gasteiger partial charge in [-0.25, -0.2) is 18.7 Å². The van der Waals surface area contributed by atoms with E-state index in [2.05, 4.69) is 15.3 Å². The molecule has 1 fully saturated rings. The van der Waals surface area contributed by atoms with Crippen LogP contribution in [-0.4, -0.2) is 52.5 Å². The molecule has 35 heavy (non-hydrogen) atoms. The average molecular weight is 475 g/mol. The summed E-state index contributed by atoms with van der Waals surface area (Å²) in [4.78, 5) is 27.3. The van der Waals surface area contributed by atoms with Crippen LogP contribution in [0.3, 0.4) is 0 Å². The van der Waals surface area contributed by atoms with Crippen LogP contribution in [0, 0.1) is 11.6 Å². The second-order valence-corrected chi connectivity index (χ2v) is 8.25. The molecule has 5 rings (SSSR count). The molecule has 0 unspecified atom stereocenters. The fraction of sp³-hybridized carbons (Fsp3) is 0.231. The number of anilines is 1. The van der Waals surface area contributed by atoms with Gasteiger partial charge in [0.05, 0.1) is 6.54 Å². The van der Waals surface area contributed by atoms with E-state index in [4.69, 9.17) is 9.72 Å². The molecule has 0 spiro atoms. The molecular formula is C26H23F2N5O2. The molecular weight excluding hydrogens is 452 g/mol. The van der Waals surface area contributed by atoms with Crippen molar-refractivity contribution >= 4 is 22.6 Å². The van der Waals surface area contributed by atoms with Gasteiger partial charge in [-0.2, -0.15) is 0 Å². The number of carbonyl (C=O) groups excluding carboxylic acids is 1. The molecule has 0 saturated carbocycles. The fourth-order valence-corrected chi connectivity index (χ4v) is 4.22. The van der Waals surface area contributed by atoms with E-state index in [0.717, 1.165) is 18.1 Å². The minimum atomic E-state index is -0.674. The molecule has 2 aromatic heterocycles. The Bertz CT molecular complexity index is 1380. The van der Waals surface area contributed by atoms with E-state index in [1.165, 1.54) is 12.1 Å². The van der Waals surface area contributed by atoms with E-state index in [1.807, 2.05) is 6.07 Å². The van der Waals surface area contributed by atoms with Gasteiger partial charge >= 0.3 is 0 Å². The minimum Gasteiger partial charge on any atom is -0.489 e. The smallest absolute Gasteiger partial charge is 0.222 e. The van der Waals surface area contributed by atoms with Crippen molar-refractivity contribution in [2.75, 3.05) is 32.1 Å². The van der Waals surface area contributed by atoms with Gasteiger partial charge in [0.2, 0.25) is 5.91 Å². The summed E-state index contributed by atoms with van der Waals surface area (Å²) in [5.74, 6) is 0.185. The lowest BCUT2D eigenvalue weighted by Crippen LogP contribution is -2.29. The number of hydrogen-bond donors (Lipinski definition) is 1. The summed E-state index contributed by atoms with van der Waals surface area (Å²) in [6.45, 7) is 1.41. The highest BCUT2D eigenvalue weighted by atomic mass is 19.1. The molecule has 0 bridgehead atoms. The Morgan fingerprint density at radius 2 is 1.86 bits per heavy atom. The maximum absolute atomic E-state index is 14.0. The van der Waals surface area contributed by atoms with Crippen LogP contribution in [0.25, 0.3) is 33.4 Å². The number of fused-ring (bicyclic) bond motifs is 1. The van der Waals surface area contributed by atoms with Crippen LogP contribution in [0.2, 0.25) is 0 Å². The predicted octanol–water partition coefficient (Wildman–Crippen LogP) is 4.68. The van der Waals surface area contributed by atoms with Gasteiger partial charge in [0, 0.05) is 49.4 Å². The topological polar surface area (TPSA) is 80.2 Å². The first-order valence-corrected chi connectivity index (χ1v) is 11.3. The van der Waals surface area contributed by atoms with Crippen LogP contribution in [0.1, 0.15) is 12.8 Å². The van der Waals surface area contributed by atoms with Gasteiger partial charge in [-0.15, -0.1) is 0 Å². The number of likely N-dealkylation sites (tertiary alicyclic amines) is 1. The van der Waals surface area contributed by atoms with Gasteiger partial charge in [-0.1, -0.05) is 0 Å². The predicted molar refractivity (Wildman–Crippen MR) is 129 cm³/mol. The summed E-state index contributed by atoms with van der Waals surface area (Å²) in [6.07, 6.45) is 4.73. The number of benzene rings is 2. The number of hydrogen-bond acceptors (Lipinski definition) is 6. The van der Waals surface area contributed by atoms with Crippen molar-refractivity contribution in [1.82, 2.24) is 19.9 Å². The Morgan fingerprint density at radius 3 is 2.54 bits per heavy atom. The molecule has 1 amide bonds. The van der Waals surface area contributed by atoms with Crippen molar-refractivity contribution < 1.29 is 18.3 Å². The number of ether oxygens (including phenoxy) is 1. The zero-order valence-electron chi connectivity index (χ0n) is 19.1. The van der Waals surface area contributed by atoms with E-state index in [-0.39, 0.29) is 12.5 Å². The number of rotatable bonds is 7. The Labute approximate surface area is 200 Å². The van der Waals surface area contributed by atoms with Gasteiger partial charge in [-0.05, 0) is 53.9 Å². The third-order valence-electron chi connectivity index (χ3n) is 5.91. The van der Waals surface area contributed by atoms with Gasteiger partial charge in [0.1, 0.15) is 35.3 Å². The molecule has 2 aromatic carbocycles. The number of amides is 1. The van der Waals surface area contributed by atoms with Crippen LogP contribution < -0.4 is 10.1 Å². The first kappa shape index (κ1) is 22.6. The zero-order chi connectivity index (χ0) is 24.4. The van der Waals surface area contributed by atoms with Gasteiger partial charge in [0.15, 0.2) is 5.82 Å². The van der Waals surface area contributed by atoms with Crippen molar-refractivity contribution in [3.05, 3.63) is 66.5 Å². The van der Waals surface area contributed by atoms with Crippen molar-refractivity contribution in [3.8, 4) is 28.3 Å². The molecule has 178 valence electrons. The average Bonchev–Trinajstić information content (AvgIpc) is 3.27. The lowest BCUT2D eigenvalue weighted by Gasteiger charge is -2.18. The Balaban J connectivity index is 1.62. The van der Waals surface area contributed by atoms with Gasteiger partial charge in [0.25, 0.3) is 0 Å². The molecule has 1 saturated heterocycles. The highest BCUT2D eigenvalue weighted by Gasteiger charge is 2.21. The number of pyridine rings is 1. The largest absolute Gasteiger partial charge is 0.489 e. The summed E-state index contributed by atoms with van der Waals surface area (Å²) in [6, 6.07) is 10.5. The van der Waals surface area contributed by atoms with Crippen LogP contribution >= 0.6 is 0 Å². The van der Waals surface area contributed by atoms with Crippen LogP contribution in [0.15, 0.2) is 54.9 Å². The maximum atomic E-state index is 14.0. The molecule has 7 nitrogen and oxygen atoms in total. The lowest BCUT2D eigenvalue weighted by molar-refractivity contribution is -0.128. The van der Waals surface area contributed by atoms with E-state index in [0.29, 0.717) is 58.9 Å². The number of nitrogens with one attached hydrogen (secondary N) is 1. The Morgan fingerprint density at radius 1 is 1.06 bits per heavy atom. The van der Waals surface area contributed by atoms with Gasteiger partial charge < -0.3 is 15.0 Å². The Hall–Kier alpha value is -4.14. The van der Waals surface area contributed by atoms with Crippen LogP contribution in [-0.2, 0) is 4.79 Å². The van der Waals surface area contributed by atoms with Crippen molar-refractivity contribution in [2.24, 2.45) is 0 Å². The SMILES string of the molecule is CNc1nc(-c2cccnc2)nc2c(OCCN3CCCC3=O)cc(-c3cc(F)cc(F)c3)cc12.